The van der Waals surface area contributed by atoms with E-state index in [0.717, 1.165) is 19.5 Å². The molecule has 0 aliphatic rings. The first-order valence-corrected chi connectivity index (χ1v) is 9.41. The van der Waals surface area contributed by atoms with Crippen LogP contribution in [0, 0.1) is 0 Å². The molecule has 0 saturated heterocycles. The van der Waals surface area contributed by atoms with Crippen LogP contribution in [0.1, 0.15) is 20.3 Å². The Morgan fingerprint density at radius 3 is 2.77 bits per heavy atom. The van der Waals surface area contributed by atoms with Gasteiger partial charge in [0.1, 0.15) is 0 Å². The molecule has 5 nitrogen and oxygen atoms in total. The van der Waals surface area contributed by atoms with Crippen LogP contribution in [0.5, 0.6) is 0 Å². The highest BCUT2D eigenvalue weighted by Crippen LogP contribution is 2.15. The summed E-state index contributed by atoms with van der Waals surface area (Å²) in [5.41, 5.74) is 1.26. The maximum atomic E-state index is 11.4. The number of aromatic nitrogens is 1. The molecule has 2 N–H and O–H groups in total. The van der Waals surface area contributed by atoms with Gasteiger partial charge in [-0.3, -0.25) is 0 Å². The Bertz CT molecular complexity index is 694. The third kappa shape index (κ3) is 4.83. The quantitative estimate of drug-likeness (QED) is 0.693. The van der Waals surface area contributed by atoms with Crippen molar-refractivity contribution in [1.82, 2.24) is 14.6 Å². The van der Waals surface area contributed by atoms with Crippen LogP contribution in [0.2, 0.25) is 0 Å². The summed E-state index contributed by atoms with van der Waals surface area (Å²) in [6.45, 7) is 5.88. The van der Waals surface area contributed by atoms with Gasteiger partial charge in [-0.15, -0.1) is 0 Å². The fraction of sp³-hybridized carbons (Fsp3) is 0.500. The number of nitrogens with one attached hydrogen (secondary N) is 2. The Morgan fingerprint density at radius 2 is 2.00 bits per heavy atom. The first-order chi connectivity index (χ1) is 10.5. The van der Waals surface area contributed by atoms with Crippen molar-refractivity contribution in [3.63, 3.8) is 0 Å². The number of benzene rings is 1. The van der Waals surface area contributed by atoms with Gasteiger partial charge in [0.2, 0.25) is 10.0 Å². The summed E-state index contributed by atoms with van der Waals surface area (Å²) in [6.07, 6.45) is 3.12. The Hall–Kier alpha value is -1.37. The van der Waals surface area contributed by atoms with E-state index in [1.54, 1.807) is 6.92 Å². The van der Waals surface area contributed by atoms with Gasteiger partial charge in [0.25, 0.3) is 0 Å². The second-order valence-electron chi connectivity index (χ2n) is 5.53. The molecule has 1 heterocycles. The van der Waals surface area contributed by atoms with Gasteiger partial charge in [-0.1, -0.05) is 18.2 Å². The second-order valence-corrected chi connectivity index (χ2v) is 7.62. The number of rotatable bonds is 9. The lowest BCUT2D eigenvalue weighted by molar-refractivity contribution is 0.503. The molecule has 0 radical (unpaired) electrons. The monoisotopic (exact) mass is 323 g/mol. The van der Waals surface area contributed by atoms with E-state index in [1.807, 2.05) is 13.0 Å². The average molecular weight is 323 g/mol. The molecule has 6 heteroatoms. The highest BCUT2D eigenvalue weighted by atomic mass is 32.2. The van der Waals surface area contributed by atoms with E-state index in [2.05, 4.69) is 45.1 Å². The Labute approximate surface area is 132 Å². The van der Waals surface area contributed by atoms with Crippen molar-refractivity contribution < 1.29 is 8.42 Å². The minimum atomic E-state index is -3.10. The molecule has 2 rings (SSSR count). The molecule has 122 valence electrons. The van der Waals surface area contributed by atoms with Gasteiger partial charge < -0.3 is 9.88 Å². The number of hydrogen-bond acceptors (Lipinski definition) is 3. The highest BCUT2D eigenvalue weighted by molar-refractivity contribution is 7.89. The smallest absolute Gasteiger partial charge is 0.211 e. The predicted octanol–water partition coefficient (Wildman–Crippen LogP) is 1.95. The first-order valence-electron chi connectivity index (χ1n) is 7.76. The van der Waals surface area contributed by atoms with Crippen molar-refractivity contribution in [2.75, 3.05) is 18.8 Å². The topological polar surface area (TPSA) is 63.1 Å². The molecule has 1 aromatic heterocycles. The number of fused-ring (bicyclic) bond motifs is 1. The Morgan fingerprint density at radius 1 is 1.23 bits per heavy atom. The summed E-state index contributed by atoms with van der Waals surface area (Å²) in [4.78, 5) is 0. The first kappa shape index (κ1) is 17.0. The predicted molar refractivity (Wildman–Crippen MR) is 91.5 cm³/mol. The zero-order chi connectivity index (χ0) is 16.0. The second kappa shape index (κ2) is 7.76. The Balaban J connectivity index is 1.71. The number of para-hydroxylation sites is 1. The lowest BCUT2D eigenvalue weighted by Crippen LogP contribution is -2.39. The molecule has 0 aliphatic heterocycles. The van der Waals surface area contributed by atoms with E-state index in [9.17, 15) is 8.42 Å². The van der Waals surface area contributed by atoms with Crippen LogP contribution in [0.4, 0.5) is 0 Å². The molecule has 1 unspecified atom stereocenters. The van der Waals surface area contributed by atoms with Crippen LogP contribution in [-0.2, 0) is 16.6 Å². The molecule has 0 fully saturated rings. The maximum Gasteiger partial charge on any atom is 0.211 e. The van der Waals surface area contributed by atoms with Gasteiger partial charge in [0, 0.05) is 30.8 Å². The van der Waals surface area contributed by atoms with E-state index in [-0.39, 0.29) is 11.8 Å². The van der Waals surface area contributed by atoms with Crippen molar-refractivity contribution in [2.24, 2.45) is 0 Å². The normalized spacial score (nSPS) is 13.5. The molecular weight excluding hydrogens is 298 g/mol. The molecule has 0 saturated carbocycles. The van der Waals surface area contributed by atoms with Gasteiger partial charge in [0.05, 0.1) is 5.75 Å². The molecule has 22 heavy (non-hydrogen) atoms. The molecule has 0 aliphatic carbocycles. The molecule has 0 bridgehead atoms. The third-order valence-corrected chi connectivity index (χ3v) is 5.10. The zero-order valence-electron chi connectivity index (χ0n) is 13.2. The number of hydrogen-bond donors (Lipinski definition) is 2. The average Bonchev–Trinajstić information content (AvgIpc) is 2.93. The molecule has 1 atom stereocenters. The van der Waals surface area contributed by atoms with Gasteiger partial charge in [-0.05, 0) is 44.3 Å². The summed E-state index contributed by atoms with van der Waals surface area (Å²) in [5.74, 6) is 0.125. The fourth-order valence-electron chi connectivity index (χ4n) is 2.36. The van der Waals surface area contributed by atoms with Gasteiger partial charge in [-0.25, -0.2) is 13.1 Å². The molecule has 1 aromatic carbocycles. The Kier molecular flexibility index (Phi) is 5.99. The van der Waals surface area contributed by atoms with Crippen molar-refractivity contribution in [3.05, 3.63) is 36.5 Å². The van der Waals surface area contributed by atoms with Crippen LogP contribution in [0.25, 0.3) is 10.9 Å². The van der Waals surface area contributed by atoms with Crippen LogP contribution in [0.15, 0.2) is 36.5 Å². The van der Waals surface area contributed by atoms with Crippen molar-refractivity contribution >= 4 is 20.9 Å². The summed E-state index contributed by atoms with van der Waals surface area (Å²) in [6, 6.07) is 10.6. The van der Waals surface area contributed by atoms with Crippen molar-refractivity contribution in [2.45, 2.75) is 32.9 Å². The van der Waals surface area contributed by atoms with Crippen LogP contribution in [-0.4, -0.2) is 37.9 Å². The zero-order valence-corrected chi connectivity index (χ0v) is 14.1. The lowest BCUT2D eigenvalue weighted by Gasteiger charge is -2.14. The maximum absolute atomic E-state index is 11.4. The van der Waals surface area contributed by atoms with E-state index in [1.165, 1.54) is 10.9 Å². The minimum Gasteiger partial charge on any atom is -0.347 e. The van der Waals surface area contributed by atoms with E-state index in [4.69, 9.17) is 0 Å². The fourth-order valence-corrected chi connectivity index (χ4v) is 3.07. The highest BCUT2D eigenvalue weighted by Gasteiger charge is 2.08. The van der Waals surface area contributed by atoms with Gasteiger partial charge in [0.15, 0.2) is 0 Å². The largest absolute Gasteiger partial charge is 0.347 e. The van der Waals surface area contributed by atoms with E-state index >= 15 is 0 Å². The summed E-state index contributed by atoms with van der Waals surface area (Å²) < 4.78 is 27.6. The van der Waals surface area contributed by atoms with E-state index in [0.29, 0.717) is 6.54 Å². The standard InChI is InChI=1S/C16H25N3O2S/c1-3-22(20,21)18-13-14(2)17-10-6-11-19-12-9-15-7-4-5-8-16(15)19/h4-5,7-9,12,14,17-18H,3,6,10-11,13H2,1-2H3. The van der Waals surface area contributed by atoms with Crippen molar-refractivity contribution in [3.8, 4) is 0 Å². The van der Waals surface area contributed by atoms with Crippen LogP contribution in [0.3, 0.4) is 0 Å². The summed E-state index contributed by atoms with van der Waals surface area (Å²) >= 11 is 0. The van der Waals surface area contributed by atoms with Crippen LogP contribution >= 0.6 is 0 Å². The number of sulfonamides is 1. The SMILES string of the molecule is CCS(=O)(=O)NCC(C)NCCCn1ccc2ccccc21. The van der Waals surface area contributed by atoms with Crippen molar-refractivity contribution in [1.29, 1.82) is 0 Å². The molecule has 0 spiro atoms. The molecular formula is C16H25N3O2S. The minimum absolute atomic E-state index is 0.125. The summed E-state index contributed by atoms with van der Waals surface area (Å²) in [7, 11) is -3.10. The number of nitrogens with zero attached hydrogens (tertiary/aromatic N) is 1. The van der Waals surface area contributed by atoms with E-state index < -0.39 is 10.0 Å². The summed E-state index contributed by atoms with van der Waals surface area (Å²) in [5, 5.41) is 4.61. The number of aryl methyl sites for hydroxylation is 1. The van der Waals surface area contributed by atoms with Gasteiger partial charge in [-0.2, -0.15) is 0 Å². The molecule has 0 amide bonds. The lowest BCUT2D eigenvalue weighted by atomic mass is 10.2. The third-order valence-electron chi connectivity index (χ3n) is 3.74. The van der Waals surface area contributed by atoms with Crippen LogP contribution < -0.4 is 10.0 Å². The molecule has 2 aromatic rings. The van der Waals surface area contributed by atoms with Gasteiger partial charge >= 0.3 is 0 Å².